The molecule has 2 aromatic carbocycles. The Kier molecular flexibility index (Phi) is 7.54. The van der Waals surface area contributed by atoms with E-state index >= 15 is 0 Å². The topological polar surface area (TPSA) is 107 Å². The lowest BCUT2D eigenvalue weighted by atomic mass is 9.87. The van der Waals surface area contributed by atoms with Crippen LogP contribution in [-0.2, 0) is 15.4 Å². The molecule has 0 N–H and O–H groups in total. The van der Waals surface area contributed by atoms with Crippen LogP contribution < -0.4 is 13.3 Å². The maximum Gasteiger partial charge on any atom is 0.279 e. The summed E-state index contributed by atoms with van der Waals surface area (Å²) in [4.78, 5) is 16.7. The molecule has 4 rings (SSSR count). The summed E-state index contributed by atoms with van der Waals surface area (Å²) in [5.41, 5.74) is 0.796. The van der Waals surface area contributed by atoms with Crippen LogP contribution in [0.25, 0.3) is 11.6 Å². The van der Waals surface area contributed by atoms with Crippen molar-refractivity contribution in [3.8, 4) is 28.9 Å². The minimum Gasteiger partial charge on any atom is -0.493 e. The van der Waals surface area contributed by atoms with Crippen molar-refractivity contribution in [2.75, 3.05) is 10.9 Å². The molecule has 0 aliphatic heterocycles. The second kappa shape index (κ2) is 10.5. The molecule has 2 aromatic heterocycles. The molecule has 12 heteroatoms. The van der Waals surface area contributed by atoms with Crippen LogP contribution in [0.4, 0.5) is 5.82 Å². The molecule has 0 aliphatic rings. The number of para-hydroxylation sites is 2. The smallest absolute Gasteiger partial charge is 0.279 e. The quantitative estimate of drug-likeness (QED) is 0.199. The number of anilines is 1. The van der Waals surface area contributed by atoms with E-state index in [1.165, 1.54) is 31.6 Å². The molecular weight excluding hydrogens is 537 g/mol. The number of rotatable bonds is 7. The minimum absolute atomic E-state index is 0.0445. The van der Waals surface area contributed by atoms with E-state index in [0.29, 0.717) is 9.57 Å². The zero-order valence-electron chi connectivity index (χ0n) is 20.4. The lowest BCUT2D eigenvalue weighted by Gasteiger charge is -2.21. The molecule has 9 nitrogen and oxygen atoms in total. The van der Waals surface area contributed by atoms with Crippen molar-refractivity contribution in [3.63, 3.8) is 0 Å². The third kappa shape index (κ3) is 5.61. The number of hydrogen-bond donors (Lipinski definition) is 0. The van der Waals surface area contributed by atoms with Crippen LogP contribution in [0.2, 0.25) is 5.15 Å². The minimum atomic E-state index is -4.30. The highest BCUT2D eigenvalue weighted by molar-refractivity contribution is 7.94. The van der Waals surface area contributed by atoms with Gasteiger partial charge in [0.25, 0.3) is 10.0 Å². The van der Waals surface area contributed by atoms with Crippen molar-refractivity contribution < 1.29 is 17.9 Å². The summed E-state index contributed by atoms with van der Waals surface area (Å²) in [5.74, 6) is 0.174. The Bertz CT molecular complexity index is 1510. The number of methoxy groups -OCH3 is 1. The molecular formula is C25H23Cl2N5O4S. The first kappa shape index (κ1) is 26.6. The average molecular weight is 560 g/mol. The molecule has 0 atom stereocenters. The van der Waals surface area contributed by atoms with Gasteiger partial charge in [-0.3, -0.25) is 0 Å². The van der Waals surface area contributed by atoms with Crippen LogP contribution in [0, 0.1) is 0 Å². The molecule has 0 radical (unpaired) electrons. The van der Waals surface area contributed by atoms with Crippen LogP contribution in [0.3, 0.4) is 0 Å². The first-order valence-electron chi connectivity index (χ1n) is 11.0. The highest BCUT2D eigenvalue weighted by Crippen LogP contribution is 2.42. The summed E-state index contributed by atoms with van der Waals surface area (Å²) in [6.07, 6.45) is 2.98. The molecule has 0 aliphatic carbocycles. The highest BCUT2D eigenvalue weighted by Gasteiger charge is 2.32. The van der Waals surface area contributed by atoms with E-state index in [1.807, 2.05) is 20.8 Å². The summed E-state index contributed by atoms with van der Waals surface area (Å²) in [7, 11) is -2.83. The average Bonchev–Trinajstić information content (AvgIpc) is 2.89. The normalized spacial score (nSPS) is 11.7. The number of ether oxygens (including phenoxy) is 2. The lowest BCUT2D eigenvalue weighted by Crippen LogP contribution is -2.23. The van der Waals surface area contributed by atoms with Gasteiger partial charge in [0.1, 0.15) is 0 Å². The van der Waals surface area contributed by atoms with E-state index in [9.17, 15) is 8.42 Å². The molecule has 4 aromatic rings. The van der Waals surface area contributed by atoms with E-state index < -0.39 is 10.0 Å². The van der Waals surface area contributed by atoms with Crippen molar-refractivity contribution >= 4 is 39.2 Å². The van der Waals surface area contributed by atoms with Gasteiger partial charge in [0, 0.05) is 24.2 Å². The molecule has 0 spiro atoms. The fourth-order valence-electron chi connectivity index (χ4n) is 3.28. The fourth-order valence-corrected chi connectivity index (χ4v) is 4.85. The maximum atomic E-state index is 13.6. The number of halogens is 2. The van der Waals surface area contributed by atoms with Crippen molar-refractivity contribution in [1.29, 1.82) is 0 Å². The molecule has 0 fully saturated rings. The van der Waals surface area contributed by atoms with E-state index in [4.69, 9.17) is 32.9 Å². The molecule has 2 heterocycles. The summed E-state index contributed by atoms with van der Waals surface area (Å²) in [6, 6.07) is 14.8. The number of aromatic nitrogens is 4. The monoisotopic (exact) mass is 559 g/mol. The van der Waals surface area contributed by atoms with Gasteiger partial charge in [0.2, 0.25) is 17.4 Å². The molecule has 0 saturated carbocycles. The Morgan fingerprint density at radius 3 is 2.08 bits per heavy atom. The van der Waals surface area contributed by atoms with E-state index in [2.05, 4.69) is 19.9 Å². The highest BCUT2D eigenvalue weighted by atomic mass is 35.5. The third-order valence-corrected chi connectivity index (χ3v) is 7.67. The Hall–Kier alpha value is -3.47. The molecule has 0 bridgehead atoms. The largest absolute Gasteiger partial charge is 0.493 e. The second-order valence-electron chi connectivity index (χ2n) is 8.81. The van der Waals surface area contributed by atoms with Crippen LogP contribution in [-0.4, -0.2) is 35.5 Å². The van der Waals surface area contributed by atoms with Crippen molar-refractivity contribution in [2.24, 2.45) is 0 Å². The number of benzene rings is 2. The second-order valence-corrected chi connectivity index (χ2v) is 11.5. The molecule has 192 valence electrons. The first-order chi connectivity index (χ1) is 17.5. The summed E-state index contributed by atoms with van der Waals surface area (Å²) < 4.78 is 38.9. The Morgan fingerprint density at radius 2 is 1.49 bits per heavy atom. The molecule has 0 unspecified atom stereocenters. The lowest BCUT2D eigenvalue weighted by molar-refractivity contribution is 0.378. The molecule has 37 heavy (non-hydrogen) atoms. The standard InChI is InChI=1S/C25H23Cl2N5O4S/c1-25(2,3)16-10-12-17(13-11-16)37(33,34)32(27)24-20(36-19-9-6-5-8-18(19)35-4)21(26)30-23(31-24)22-28-14-7-15-29-22/h5-15H,1-4H3. The fraction of sp³-hybridized carbons (Fsp3) is 0.200. The Labute approximate surface area is 225 Å². The summed E-state index contributed by atoms with van der Waals surface area (Å²) in [5, 5.41) is -0.206. The first-order valence-corrected chi connectivity index (χ1v) is 13.2. The van der Waals surface area contributed by atoms with Gasteiger partial charge in [-0.2, -0.15) is 12.2 Å². The van der Waals surface area contributed by atoms with Gasteiger partial charge in [-0.15, -0.1) is 0 Å². The van der Waals surface area contributed by atoms with Gasteiger partial charge in [-0.25, -0.2) is 19.9 Å². The van der Waals surface area contributed by atoms with Gasteiger partial charge in [-0.1, -0.05) is 56.6 Å². The van der Waals surface area contributed by atoms with E-state index in [0.717, 1.165) is 5.56 Å². The van der Waals surface area contributed by atoms with Gasteiger partial charge in [0.15, 0.2) is 22.5 Å². The predicted molar refractivity (Wildman–Crippen MR) is 142 cm³/mol. The number of nitrogens with zero attached hydrogens (tertiary/aromatic N) is 5. The molecule has 0 amide bonds. The van der Waals surface area contributed by atoms with Gasteiger partial charge < -0.3 is 9.47 Å². The van der Waals surface area contributed by atoms with Crippen molar-refractivity contribution in [2.45, 2.75) is 31.1 Å². The zero-order valence-corrected chi connectivity index (χ0v) is 22.7. The Balaban J connectivity index is 1.85. The van der Waals surface area contributed by atoms with Gasteiger partial charge >= 0.3 is 0 Å². The molecule has 0 saturated heterocycles. The van der Waals surface area contributed by atoms with Crippen LogP contribution in [0.5, 0.6) is 17.2 Å². The van der Waals surface area contributed by atoms with E-state index in [1.54, 1.807) is 42.5 Å². The predicted octanol–water partition coefficient (Wildman–Crippen LogP) is 6.03. The van der Waals surface area contributed by atoms with E-state index in [-0.39, 0.29) is 44.4 Å². The number of hydrogen-bond acceptors (Lipinski definition) is 8. The number of sulfonamides is 1. The Morgan fingerprint density at radius 1 is 0.865 bits per heavy atom. The van der Waals surface area contributed by atoms with Gasteiger partial charge in [-0.05, 0) is 41.3 Å². The third-order valence-electron chi connectivity index (χ3n) is 5.25. The van der Waals surface area contributed by atoms with Crippen LogP contribution in [0.15, 0.2) is 71.9 Å². The summed E-state index contributed by atoms with van der Waals surface area (Å²) in [6.45, 7) is 6.09. The van der Waals surface area contributed by atoms with Gasteiger partial charge in [0.05, 0.1) is 12.0 Å². The SMILES string of the molecule is COc1ccccc1Oc1c(Cl)nc(-c2ncccn2)nc1N(Cl)S(=O)(=O)c1ccc(C(C)(C)C)cc1. The van der Waals surface area contributed by atoms with Crippen molar-refractivity contribution in [1.82, 2.24) is 19.9 Å². The van der Waals surface area contributed by atoms with Crippen LogP contribution >= 0.6 is 23.4 Å². The summed E-state index contributed by atoms with van der Waals surface area (Å²) >= 11 is 13.0. The zero-order chi connectivity index (χ0) is 26.8. The maximum absolute atomic E-state index is 13.6. The van der Waals surface area contributed by atoms with Crippen LogP contribution in [0.1, 0.15) is 26.3 Å². The van der Waals surface area contributed by atoms with Crippen molar-refractivity contribution in [3.05, 3.63) is 77.7 Å².